The van der Waals surface area contributed by atoms with E-state index in [9.17, 15) is 33.7 Å². The lowest BCUT2D eigenvalue weighted by Gasteiger charge is -2.22. The fraction of sp³-hybridized carbons (Fsp3) is 0.500. The number of aliphatic hydroxyl groups excluding tert-OH is 2. The Morgan fingerprint density at radius 2 is 1.63 bits per heavy atom. The van der Waals surface area contributed by atoms with Crippen LogP contribution in [0.15, 0.2) is 12.7 Å². The quantitative estimate of drug-likeness (QED) is 0.145. The Balaban J connectivity index is 1.65. The summed E-state index contributed by atoms with van der Waals surface area (Å²) in [4.78, 5) is 57.3. The van der Waals surface area contributed by atoms with Crippen molar-refractivity contribution < 1.29 is 70.6 Å². The molecule has 9 N–H and O–H groups in total. The van der Waals surface area contributed by atoms with Crippen molar-refractivity contribution in [3.8, 4) is 0 Å². The molecule has 3 rings (SSSR count). The van der Waals surface area contributed by atoms with Gasteiger partial charge in [-0.15, -0.1) is 0 Å². The molecule has 2 aromatic rings. The Morgan fingerprint density at radius 1 is 1.00 bits per heavy atom. The minimum atomic E-state index is -5.86. The zero-order valence-electron chi connectivity index (χ0n) is 16.6. The highest BCUT2D eigenvalue weighted by Gasteiger charge is 2.47. The normalized spacial score (nSPS) is 28.4. The number of aliphatic hydroxyl groups is 2. The maximum absolute atomic E-state index is 11.8. The fourth-order valence-corrected chi connectivity index (χ4v) is 8.17. The summed E-state index contributed by atoms with van der Waals surface area (Å²) in [6.07, 6.45) is -3.62. The Labute approximate surface area is 199 Å². The van der Waals surface area contributed by atoms with Crippen LogP contribution in [0.25, 0.3) is 11.2 Å². The lowest BCUT2D eigenvalue weighted by Crippen LogP contribution is -2.33. The van der Waals surface area contributed by atoms with Gasteiger partial charge >= 0.3 is 30.2 Å². The molecule has 3 heterocycles. The topological polar surface area (TPSA) is 309 Å². The molecule has 1 aliphatic rings. The standard InChI is InChI=1S/C10H17N5O15P4S/c11-8-5-9(13-2-12-8)15(3-14-5)10-7(17)6(16)4(27-10)1-26-34(25,35)30-33(23,24)29-32(21,22)28-31(18,19)20/h2-4,6-7,10,16-17H,1H2,(H,21,22)(H,23,24)(H,25,35)(H2,11,12,13)(H2,18,19,20)/t4-,6-,7-,10-,34?/m1/s1. The van der Waals surface area contributed by atoms with Crippen LogP contribution in [0.3, 0.4) is 0 Å². The zero-order valence-corrected chi connectivity index (χ0v) is 21.0. The maximum atomic E-state index is 11.8. The third-order valence-electron chi connectivity index (χ3n) is 4.02. The van der Waals surface area contributed by atoms with Gasteiger partial charge in [0.1, 0.15) is 30.2 Å². The first-order valence-corrected chi connectivity index (χ1v) is 15.8. The number of anilines is 1. The monoisotopic (exact) mass is 603 g/mol. The first kappa shape index (κ1) is 28.8. The number of aromatic nitrogens is 4. The molecule has 20 nitrogen and oxygen atoms in total. The number of hydrogen-bond acceptors (Lipinski definition) is 15. The molecule has 1 saturated heterocycles. The summed E-state index contributed by atoms with van der Waals surface area (Å²) < 4.78 is 56.3. The lowest BCUT2D eigenvalue weighted by atomic mass is 10.1. The molecule has 0 aliphatic carbocycles. The fourth-order valence-electron chi connectivity index (χ4n) is 2.77. The van der Waals surface area contributed by atoms with Crippen LogP contribution in [0.1, 0.15) is 6.23 Å². The van der Waals surface area contributed by atoms with Crippen molar-refractivity contribution >= 4 is 59.0 Å². The number of nitrogens with two attached hydrogens (primary N) is 1. The summed E-state index contributed by atoms with van der Waals surface area (Å²) in [6.45, 7) is -5.64. The van der Waals surface area contributed by atoms with Gasteiger partial charge in [-0.2, -0.15) is 8.62 Å². The number of nitrogen functional groups attached to an aromatic ring is 1. The molecule has 0 aromatic carbocycles. The van der Waals surface area contributed by atoms with E-state index < -0.39 is 61.3 Å². The first-order chi connectivity index (χ1) is 15.9. The molecule has 2 aromatic heterocycles. The van der Waals surface area contributed by atoms with Crippen molar-refractivity contribution in [2.75, 3.05) is 12.3 Å². The highest BCUT2D eigenvalue weighted by atomic mass is 32.5. The van der Waals surface area contributed by atoms with Gasteiger partial charge < -0.3 is 49.7 Å². The van der Waals surface area contributed by atoms with E-state index in [0.29, 0.717) is 0 Å². The maximum Gasteiger partial charge on any atom is 0.490 e. The number of phosphoric acid groups is 3. The highest BCUT2D eigenvalue weighted by Crippen LogP contribution is 2.70. The molecule has 35 heavy (non-hydrogen) atoms. The Hall–Kier alpha value is -0.790. The van der Waals surface area contributed by atoms with E-state index >= 15 is 0 Å². The van der Waals surface area contributed by atoms with Crippen LogP contribution in [0.5, 0.6) is 0 Å². The summed E-state index contributed by atoms with van der Waals surface area (Å²) >= 11 is 4.48. The Kier molecular flexibility index (Phi) is 8.36. The van der Waals surface area contributed by atoms with Crippen LogP contribution in [0.4, 0.5) is 5.82 Å². The molecular formula is C10H17N5O15P4S. The summed E-state index contributed by atoms with van der Waals surface area (Å²) in [5.74, 6) is 0.0362. The van der Waals surface area contributed by atoms with Crippen molar-refractivity contribution in [2.24, 2.45) is 0 Å². The number of hydrogen-bond donors (Lipinski definition) is 8. The van der Waals surface area contributed by atoms with Gasteiger partial charge in [-0.1, -0.05) is 0 Å². The SMILES string of the molecule is Nc1ncnc2c1ncn2[C@@H]1O[C@H](COP(O)(=S)OP(=O)(O)OP(=O)(O)OP(=O)(O)O)[C@@H](O)[C@H]1O. The predicted molar refractivity (Wildman–Crippen MR) is 113 cm³/mol. The van der Waals surface area contributed by atoms with Crippen LogP contribution < -0.4 is 5.73 Å². The van der Waals surface area contributed by atoms with Crippen molar-refractivity contribution in [1.82, 2.24) is 19.5 Å². The molecule has 7 atom stereocenters. The number of nitrogens with zero attached hydrogens (tertiary/aromatic N) is 4. The van der Waals surface area contributed by atoms with E-state index in [-0.39, 0.29) is 17.0 Å². The summed E-state index contributed by atoms with van der Waals surface area (Å²) in [5, 5.41) is 20.6. The third-order valence-corrected chi connectivity index (χ3v) is 10.4. The van der Waals surface area contributed by atoms with Crippen molar-refractivity contribution in [3.05, 3.63) is 12.7 Å². The second kappa shape index (κ2) is 10.2. The number of ether oxygens (including phenoxy) is 1. The Morgan fingerprint density at radius 3 is 2.26 bits per heavy atom. The van der Waals surface area contributed by atoms with Crippen LogP contribution in [0.2, 0.25) is 0 Å². The van der Waals surface area contributed by atoms with Gasteiger partial charge in [-0.25, -0.2) is 33.0 Å². The number of imidazole rings is 1. The van der Waals surface area contributed by atoms with E-state index in [2.05, 4.69) is 39.7 Å². The van der Waals surface area contributed by atoms with E-state index in [4.69, 9.17) is 29.7 Å². The number of rotatable bonds is 10. The van der Waals surface area contributed by atoms with E-state index in [0.717, 1.165) is 6.33 Å². The minimum absolute atomic E-state index is 0.0362. The number of fused-ring (bicyclic) bond motifs is 1. The molecule has 0 saturated carbocycles. The van der Waals surface area contributed by atoms with E-state index in [1.807, 2.05) is 0 Å². The summed E-state index contributed by atoms with van der Waals surface area (Å²) in [7, 11) is -17.3. The van der Waals surface area contributed by atoms with Gasteiger partial charge in [0, 0.05) is 0 Å². The lowest BCUT2D eigenvalue weighted by molar-refractivity contribution is -0.0486. The summed E-state index contributed by atoms with van der Waals surface area (Å²) in [6, 6.07) is 0. The first-order valence-electron chi connectivity index (χ1n) is 8.67. The van der Waals surface area contributed by atoms with E-state index in [1.165, 1.54) is 10.9 Å². The molecule has 3 unspecified atom stereocenters. The molecular weight excluding hydrogens is 586 g/mol. The molecule has 0 spiro atoms. The van der Waals surface area contributed by atoms with Gasteiger partial charge in [0.2, 0.25) is 0 Å². The van der Waals surface area contributed by atoms with Crippen molar-refractivity contribution in [3.63, 3.8) is 0 Å². The highest BCUT2D eigenvalue weighted by molar-refractivity contribution is 8.08. The van der Waals surface area contributed by atoms with Crippen LogP contribution in [-0.4, -0.2) is 79.1 Å². The van der Waals surface area contributed by atoms with Crippen molar-refractivity contribution in [1.29, 1.82) is 0 Å². The molecule has 0 bridgehead atoms. The largest absolute Gasteiger partial charge is 0.490 e. The average molecular weight is 603 g/mol. The molecule has 1 fully saturated rings. The Bertz CT molecular complexity index is 1290. The second-order valence-corrected chi connectivity index (χ2v) is 14.0. The van der Waals surface area contributed by atoms with Gasteiger partial charge in [0.25, 0.3) is 0 Å². The molecule has 1 aliphatic heterocycles. The van der Waals surface area contributed by atoms with Crippen LogP contribution in [0, 0.1) is 0 Å². The molecule has 198 valence electrons. The van der Waals surface area contributed by atoms with Crippen molar-refractivity contribution in [2.45, 2.75) is 24.5 Å². The predicted octanol–water partition coefficient (Wildman–Crippen LogP) is -1.40. The third kappa shape index (κ3) is 7.38. The van der Waals surface area contributed by atoms with E-state index in [1.54, 1.807) is 0 Å². The second-order valence-electron chi connectivity index (χ2n) is 6.57. The van der Waals surface area contributed by atoms with Gasteiger partial charge in [0.15, 0.2) is 17.7 Å². The summed E-state index contributed by atoms with van der Waals surface area (Å²) in [5.41, 5.74) is 6.02. The molecule has 0 amide bonds. The molecule has 25 heteroatoms. The average Bonchev–Trinajstić information content (AvgIpc) is 3.19. The van der Waals surface area contributed by atoms with Crippen LogP contribution in [-0.2, 0) is 47.7 Å². The van der Waals surface area contributed by atoms with Gasteiger partial charge in [0.05, 0.1) is 12.9 Å². The van der Waals surface area contributed by atoms with Gasteiger partial charge in [-0.3, -0.25) is 4.57 Å². The minimum Gasteiger partial charge on any atom is -0.387 e. The molecule has 0 radical (unpaired) electrons. The van der Waals surface area contributed by atoms with Crippen LogP contribution >= 0.6 is 30.2 Å². The zero-order chi connectivity index (χ0) is 26.4. The smallest absolute Gasteiger partial charge is 0.387 e. The van der Waals surface area contributed by atoms with Gasteiger partial charge in [-0.05, 0) is 11.8 Å².